The minimum absolute atomic E-state index is 0.0192. The lowest BCUT2D eigenvalue weighted by atomic mass is 9.72. The molecule has 3 rings (SSSR count). The molecule has 2 aliphatic rings. The second-order valence-corrected chi connectivity index (χ2v) is 8.12. The van der Waals surface area contributed by atoms with Crippen molar-refractivity contribution in [2.45, 2.75) is 20.3 Å². The topological polar surface area (TPSA) is 106 Å². The standard InChI is InChI=1S/C20H19Cl2N3O5/c1-20(2)8-14(26)25-16-12(7-13(17(27)15(16)20)24-19(28)30-4)23-9-5-10(21)18(29-3)11(22)6-9/h5-7H,8H2,1-4H3,(H,24,28)(H,25,26). The van der Waals surface area contributed by atoms with Gasteiger partial charge in [-0.2, -0.15) is 0 Å². The highest BCUT2D eigenvalue weighted by atomic mass is 35.5. The number of nitrogens with one attached hydrogen (secondary N) is 2. The number of hydrogen-bond acceptors (Lipinski definition) is 6. The van der Waals surface area contributed by atoms with Crippen LogP contribution in [-0.2, 0) is 14.3 Å². The SMILES string of the molecule is COC(=O)NC1=CC(=Nc2cc(Cl)c(OC)c(Cl)c2)C2=C(C1=O)C(C)(C)CC(=O)N2. The van der Waals surface area contributed by atoms with Gasteiger partial charge in [-0.25, -0.2) is 9.79 Å². The quantitative estimate of drug-likeness (QED) is 0.681. The number of amides is 2. The van der Waals surface area contributed by atoms with Crippen molar-refractivity contribution in [2.75, 3.05) is 14.2 Å². The molecule has 158 valence electrons. The maximum absolute atomic E-state index is 13.1. The number of methoxy groups -OCH3 is 2. The first-order valence-corrected chi connectivity index (χ1v) is 9.61. The molecule has 2 amide bonds. The Kier molecular flexibility index (Phi) is 5.92. The van der Waals surface area contributed by atoms with Gasteiger partial charge in [-0.15, -0.1) is 0 Å². The Morgan fingerprint density at radius 1 is 1.20 bits per heavy atom. The van der Waals surface area contributed by atoms with Crippen LogP contribution in [0, 0.1) is 5.41 Å². The predicted octanol–water partition coefficient (Wildman–Crippen LogP) is 3.70. The number of carbonyl (C=O) groups excluding carboxylic acids is 3. The molecule has 1 aromatic carbocycles. The number of rotatable bonds is 3. The van der Waals surface area contributed by atoms with Crippen LogP contribution in [0.4, 0.5) is 10.5 Å². The molecule has 1 aliphatic heterocycles. The zero-order chi connectivity index (χ0) is 22.2. The monoisotopic (exact) mass is 451 g/mol. The molecule has 0 radical (unpaired) electrons. The molecule has 0 spiro atoms. The van der Waals surface area contributed by atoms with Gasteiger partial charge in [0.25, 0.3) is 0 Å². The molecule has 0 unspecified atom stereocenters. The van der Waals surface area contributed by atoms with Crippen LogP contribution in [0.3, 0.4) is 0 Å². The van der Waals surface area contributed by atoms with Crippen LogP contribution in [0.25, 0.3) is 0 Å². The summed E-state index contributed by atoms with van der Waals surface area (Å²) >= 11 is 12.4. The second kappa shape index (κ2) is 8.12. The summed E-state index contributed by atoms with van der Waals surface area (Å²) in [6, 6.07) is 3.07. The van der Waals surface area contributed by atoms with E-state index in [1.165, 1.54) is 32.4 Å². The Bertz CT molecular complexity index is 1030. The molecular formula is C20H19Cl2N3O5. The van der Waals surface area contributed by atoms with Crippen LogP contribution in [0.15, 0.2) is 40.2 Å². The molecule has 30 heavy (non-hydrogen) atoms. The largest absolute Gasteiger partial charge is 0.494 e. The van der Waals surface area contributed by atoms with Gasteiger partial charge < -0.3 is 14.8 Å². The number of alkyl carbamates (subject to hydrolysis) is 1. The number of aliphatic imine (C=N–C) groups is 1. The number of hydrogen-bond donors (Lipinski definition) is 2. The van der Waals surface area contributed by atoms with E-state index in [-0.39, 0.29) is 39.5 Å². The third-order valence-corrected chi connectivity index (χ3v) is 5.22. The Hall–Kier alpha value is -2.84. The number of ether oxygens (including phenoxy) is 2. The lowest BCUT2D eigenvalue weighted by Gasteiger charge is -2.36. The van der Waals surface area contributed by atoms with Crippen molar-refractivity contribution in [3.63, 3.8) is 0 Å². The van der Waals surface area contributed by atoms with Gasteiger partial charge in [0.1, 0.15) is 0 Å². The lowest BCUT2D eigenvalue weighted by Crippen LogP contribution is -2.46. The van der Waals surface area contributed by atoms with Crippen molar-refractivity contribution in [2.24, 2.45) is 10.4 Å². The van der Waals surface area contributed by atoms with Crippen LogP contribution < -0.4 is 15.4 Å². The molecule has 0 atom stereocenters. The summed E-state index contributed by atoms with van der Waals surface area (Å²) in [5, 5.41) is 5.62. The summed E-state index contributed by atoms with van der Waals surface area (Å²) in [5.41, 5.74) is 0.444. The molecule has 0 bridgehead atoms. The molecule has 0 saturated heterocycles. The van der Waals surface area contributed by atoms with Gasteiger partial charge >= 0.3 is 6.09 Å². The fourth-order valence-corrected chi connectivity index (χ4v) is 4.01. The molecule has 1 heterocycles. The van der Waals surface area contributed by atoms with Crippen LogP contribution in [-0.4, -0.2) is 37.7 Å². The van der Waals surface area contributed by atoms with E-state index < -0.39 is 17.3 Å². The summed E-state index contributed by atoms with van der Waals surface area (Å²) in [7, 11) is 2.63. The average molecular weight is 452 g/mol. The van der Waals surface area contributed by atoms with Crippen molar-refractivity contribution < 1.29 is 23.9 Å². The number of halogens is 2. The van der Waals surface area contributed by atoms with E-state index in [1.807, 2.05) is 0 Å². The van der Waals surface area contributed by atoms with Gasteiger partial charge in [0.2, 0.25) is 11.7 Å². The van der Waals surface area contributed by atoms with Gasteiger partial charge in [-0.3, -0.25) is 14.9 Å². The molecule has 0 aromatic heterocycles. The number of allylic oxidation sites excluding steroid dienone is 2. The summed E-state index contributed by atoms with van der Waals surface area (Å²) in [5.74, 6) is -0.371. The summed E-state index contributed by atoms with van der Waals surface area (Å²) in [6.07, 6.45) is 0.675. The Labute approximate surface area is 182 Å². The maximum Gasteiger partial charge on any atom is 0.411 e. The molecule has 1 aromatic rings. The first-order chi connectivity index (χ1) is 14.1. The molecule has 2 N–H and O–H groups in total. The van der Waals surface area contributed by atoms with Crippen molar-refractivity contribution in [1.82, 2.24) is 10.6 Å². The van der Waals surface area contributed by atoms with Crippen LogP contribution in [0.5, 0.6) is 5.75 Å². The zero-order valence-corrected chi connectivity index (χ0v) is 18.2. The zero-order valence-electron chi connectivity index (χ0n) is 16.7. The highest BCUT2D eigenvalue weighted by Gasteiger charge is 2.42. The Morgan fingerprint density at radius 3 is 2.40 bits per heavy atom. The third kappa shape index (κ3) is 4.06. The average Bonchev–Trinajstić information content (AvgIpc) is 2.63. The highest BCUT2D eigenvalue weighted by molar-refractivity contribution is 6.37. The summed E-state index contributed by atoms with van der Waals surface area (Å²) in [4.78, 5) is 41.6. The van der Waals surface area contributed by atoms with Gasteiger partial charge in [-0.1, -0.05) is 37.0 Å². The smallest absolute Gasteiger partial charge is 0.411 e. The van der Waals surface area contributed by atoms with Crippen molar-refractivity contribution in [3.8, 4) is 5.75 Å². The second-order valence-electron chi connectivity index (χ2n) is 7.30. The normalized spacial score (nSPS) is 19.1. The van der Waals surface area contributed by atoms with Crippen molar-refractivity contribution >= 4 is 52.4 Å². The van der Waals surface area contributed by atoms with Gasteiger partial charge in [0.05, 0.1) is 47.1 Å². The lowest BCUT2D eigenvalue weighted by molar-refractivity contribution is -0.123. The minimum atomic E-state index is -0.800. The predicted molar refractivity (Wildman–Crippen MR) is 112 cm³/mol. The van der Waals surface area contributed by atoms with E-state index in [9.17, 15) is 14.4 Å². The number of carbonyl (C=O) groups is 3. The number of ketones is 1. The van der Waals surface area contributed by atoms with E-state index in [0.717, 1.165) is 0 Å². The van der Waals surface area contributed by atoms with E-state index in [0.29, 0.717) is 17.0 Å². The van der Waals surface area contributed by atoms with Crippen LogP contribution >= 0.6 is 23.2 Å². The molecule has 0 fully saturated rings. The van der Waals surface area contributed by atoms with Crippen LogP contribution in [0.2, 0.25) is 10.0 Å². The van der Waals surface area contributed by atoms with Gasteiger partial charge in [-0.05, 0) is 18.2 Å². The third-order valence-electron chi connectivity index (χ3n) is 4.66. The van der Waals surface area contributed by atoms with Crippen LogP contribution in [0.1, 0.15) is 20.3 Å². The Morgan fingerprint density at radius 2 is 1.83 bits per heavy atom. The molecule has 8 nitrogen and oxygen atoms in total. The van der Waals surface area contributed by atoms with E-state index in [2.05, 4.69) is 20.4 Å². The highest BCUT2D eigenvalue weighted by Crippen LogP contribution is 2.41. The molecule has 10 heteroatoms. The fourth-order valence-electron chi connectivity index (χ4n) is 3.38. The van der Waals surface area contributed by atoms with Gasteiger partial charge in [0, 0.05) is 17.4 Å². The van der Waals surface area contributed by atoms with Gasteiger partial charge in [0.15, 0.2) is 5.75 Å². The first-order valence-electron chi connectivity index (χ1n) is 8.85. The number of Topliss-reactive ketones (excluding diaryl/α,β-unsaturated/α-hetero) is 1. The molecule has 1 aliphatic carbocycles. The Balaban J connectivity index is 2.19. The summed E-state index contributed by atoms with van der Waals surface area (Å²) < 4.78 is 9.74. The molecule has 0 saturated carbocycles. The molecular weight excluding hydrogens is 433 g/mol. The van der Waals surface area contributed by atoms with E-state index in [4.69, 9.17) is 27.9 Å². The first kappa shape index (κ1) is 21.9. The number of benzene rings is 1. The van der Waals surface area contributed by atoms with E-state index >= 15 is 0 Å². The van der Waals surface area contributed by atoms with Crippen molar-refractivity contribution in [3.05, 3.63) is 45.2 Å². The summed E-state index contributed by atoms with van der Waals surface area (Å²) in [6.45, 7) is 3.55. The maximum atomic E-state index is 13.1. The fraction of sp³-hybridized carbons (Fsp3) is 0.300. The number of nitrogens with zero attached hydrogens (tertiary/aromatic N) is 1. The van der Waals surface area contributed by atoms with Crippen molar-refractivity contribution in [1.29, 1.82) is 0 Å². The minimum Gasteiger partial charge on any atom is -0.494 e. The van der Waals surface area contributed by atoms with E-state index in [1.54, 1.807) is 13.8 Å².